The number of fused-ring (bicyclic) bond motifs is 1. The van der Waals surface area contributed by atoms with Crippen LogP contribution >= 0.6 is 0 Å². The summed E-state index contributed by atoms with van der Waals surface area (Å²) in [6.07, 6.45) is 7.24. The Morgan fingerprint density at radius 1 is 0.931 bits per heavy atom. The van der Waals surface area contributed by atoms with Crippen molar-refractivity contribution < 1.29 is 5.11 Å². The van der Waals surface area contributed by atoms with E-state index in [-0.39, 0.29) is 5.75 Å². The predicted molar refractivity (Wildman–Crippen MR) is 116 cm³/mol. The number of rotatable bonds is 4. The van der Waals surface area contributed by atoms with Crippen LogP contribution in [0.25, 0.3) is 28.2 Å². The van der Waals surface area contributed by atoms with Crippen LogP contribution in [0.3, 0.4) is 0 Å². The van der Waals surface area contributed by atoms with E-state index >= 15 is 0 Å². The van der Waals surface area contributed by atoms with E-state index in [9.17, 15) is 5.11 Å². The van der Waals surface area contributed by atoms with Crippen molar-refractivity contribution in [3.63, 3.8) is 0 Å². The van der Waals surface area contributed by atoms with Crippen molar-refractivity contribution in [3.8, 4) is 28.3 Å². The fourth-order valence-corrected chi connectivity index (χ4v) is 4.11. The number of phenols is 1. The summed E-state index contributed by atoms with van der Waals surface area (Å²) in [6.45, 7) is 4.21. The van der Waals surface area contributed by atoms with Crippen LogP contribution in [0.5, 0.6) is 5.75 Å². The van der Waals surface area contributed by atoms with Gasteiger partial charge in [0.25, 0.3) is 0 Å². The number of aromatic nitrogens is 3. The Morgan fingerprint density at radius 2 is 1.62 bits per heavy atom. The number of hydrogen-bond donors (Lipinski definition) is 1. The van der Waals surface area contributed by atoms with Crippen LogP contribution in [0.1, 0.15) is 25.3 Å². The maximum absolute atomic E-state index is 9.76. The maximum Gasteiger partial charge on any atom is 0.181 e. The Bertz CT molecular complexity index is 1140. The molecule has 2 aromatic heterocycles. The number of aromatic hydroxyl groups is 1. The number of aryl methyl sites for hydroxylation is 1. The van der Waals surface area contributed by atoms with Gasteiger partial charge >= 0.3 is 0 Å². The number of imidazole rings is 1. The van der Waals surface area contributed by atoms with Crippen molar-refractivity contribution in [1.29, 1.82) is 0 Å². The van der Waals surface area contributed by atoms with Gasteiger partial charge in [-0.25, -0.2) is 9.97 Å². The highest BCUT2D eigenvalue weighted by atomic mass is 16.3. The standard InChI is InChI=1S/C24H24N4O/c1-2-17-5-7-18(8-6-17)21-22(19-9-11-20(29)12-10-19)28-16-13-25-23(24(28)26-21)27-14-3-4-15-27/h5-13,16,29H,2-4,14-15H2,1H3. The fraction of sp³-hybridized carbons (Fsp3) is 0.250. The van der Waals surface area contributed by atoms with Crippen LogP contribution in [0.15, 0.2) is 60.9 Å². The van der Waals surface area contributed by atoms with E-state index in [1.54, 1.807) is 12.1 Å². The second kappa shape index (κ2) is 7.24. The zero-order valence-electron chi connectivity index (χ0n) is 16.5. The average molecular weight is 384 g/mol. The zero-order chi connectivity index (χ0) is 19.8. The topological polar surface area (TPSA) is 53.7 Å². The largest absolute Gasteiger partial charge is 0.508 e. The van der Waals surface area contributed by atoms with Crippen molar-refractivity contribution in [2.45, 2.75) is 26.2 Å². The van der Waals surface area contributed by atoms with E-state index in [0.717, 1.165) is 53.5 Å². The molecule has 0 bridgehead atoms. The molecule has 0 unspecified atom stereocenters. The lowest BCUT2D eigenvalue weighted by Gasteiger charge is -2.16. The SMILES string of the molecule is CCc1ccc(-c2nc3c(N4CCCC4)nccn3c2-c2ccc(O)cc2)cc1. The van der Waals surface area contributed by atoms with Crippen LogP contribution < -0.4 is 4.90 Å². The monoisotopic (exact) mass is 384 g/mol. The molecule has 0 saturated carbocycles. The summed E-state index contributed by atoms with van der Waals surface area (Å²) >= 11 is 0. The van der Waals surface area contributed by atoms with Crippen molar-refractivity contribution in [2.24, 2.45) is 0 Å². The highest BCUT2D eigenvalue weighted by molar-refractivity contribution is 5.85. The molecular formula is C24H24N4O. The van der Waals surface area contributed by atoms with E-state index in [2.05, 4.69) is 45.5 Å². The molecule has 3 heterocycles. The lowest BCUT2D eigenvalue weighted by Crippen LogP contribution is -2.19. The van der Waals surface area contributed by atoms with Gasteiger partial charge in [0.05, 0.1) is 11.4 Å². The molecule has 146 valence electrons. The second-order valence-electron chi connectivity index (χ2n) is 7.54. The normalized spacial score (nSPS) is 14.0. The van der Waals surface area contributed by atoms with Gasteiger partial charge in [0.2, 0.25) is 0 Å². The van der Waals surface area contributed by atoms with Crippen molar-refractivity contribution in [2.75, 3.05) is 18.0 Å². The van der Waals surface area contributed by atoms with Crippen LogP contribution in [0, 0.1) is 0 Å². The first kappa shape index (κ1) is 17.7. The van der Waals surface area contributed by atoms with E-state index < -0.39 is 0 Å². The van der Waals surface area contributed by atoms with Gasteiger partial charge in [0.1, 0.15) is 5.75 Å². The molecule has 0 atom stereocenters. The van der Waals surface area contributed by atoms with Gasteiger partial charge in [0.15, 0.2) is 11.5 Å². The van der Waals surface area contributed by atoms with Crippen LogP contribution in [0.4, 0.5) is 5.82 Å². The summed E-state index contributed by atoms with van der Waals surface area (Å²) in [7, 11) is 0. The first-order valence-corrected chi connectivity index (χ1v) is 10.3. The van der Waals surface area contributed by atoms with E-state index in [1.807, 2.05) is 24.5 Å². The van der Waals surface area contributed by atoms with Crippen LogP contribution in [-0.2, 0) is 6.42 Å². The van der Waals surface area contributed by atoms with Gasteiger partial charge in [-0.3, -0.25) is 4.40 Å². The molecule has 0 amide bonds. The first-order chi connectivity index (χ1) is 14.2. The molecule has 1 aliphatic heterocycles. The molecule has 2 aromatic carbocycles. The average Bonchev–Trinajstić information content (AvgIpc) is 3.42. The zero-order valence-corrected chi connectivity index (χ0v) is 16.5. The lowest BCUT2D eigenvalue weighted by atomic mass is 10.0. The Kier molecular flexibility index (Phi) is 4.43. The van der Waals surface area contributed by atoms with E-state index in [1.165, 1.54) is 18.4 Å². The third kappa shape index (κ3) is 3.12. The van der Waals surface area contributed by atoms with Crippen molar-refractivity contribution >= 4 is 11.5 Å². The number of nitrogens with zero attached hydrogens (tertiary/aromatic N) is 4. The van der Waals surface area contributed by atoms with Crippen LogP contribution in [0.2, 0.25) is 0 Å². The minimum atomic E-state index is 0.260. The molecule has 1 fully saturated rings. The summed E-state index contributed by atoms with van der Waals surface area (Å²) in [4.78, 5) is 12.1. The molecule has 29 heavy (non-hydrogen) atoms. The molecule has 0 spiro atoms. The van der Waals surface area contributed by atoms with Gasteiger partial charge in [-0.15, -0.1) is 0 Å². The Morgan fingerprint density at radius 3 is 2.31 bits per heavy atom. The third-order valence-electron chi connectivity index (χ3n) is 5.71. The Balaban J connectivity index is 1.76. The third-order valence-corrected chi connectivity index (χ3v) is 5.71. The quantitative estimate of drug-likeness (QED) is 0.542. The Hall–Kier alpha value is -3.34. The van der Waals surface area contributed by atoms with Gasteiger partial charge in [0, 0.05) is 36.6 Å². The summed E-state index contributed by atoms with van der Waals surface area (Å²) < 4.78 is 2.14. The van der Waals surface area contributed by atoms with Gasteiger partial charge < -0.3 is 10.0 Å². The molecule has 5 heteroatoms. The summed E-state index contributed by atoms with van der Waals surface area (Å²) in [5.74, 6) is 1.21. The van der Waals surface area contributed by atoms with Gasteiger partial charge in [-0.05, 0) is 49.1 Å². The van der Waals surface area contributed by atoms with E-state index in [4.69, 9.17) is 4.98 Å². The molecule has 0 radical (unpaired) electrons. The van der Waals surface area contributed by atoms with Gasteiger partial charge in [-0.1, -0.05) is 31.2 Å². The minimum absolute atomic E-state index is 0.260. The predicted octanol–water partition coefficient (Wildman–Crippen LogP) is 4.93. The maximum atomic E-state index is 9.76. The minimum Gasteiger partial charge on any atom is -0.508 e. The lowest BCUT2D eigenvalue weighted by molar-refractivity contribution is 0.475. The molecule has 1 saturated heterocycles. The highest BCUT2D eigenvalue weighted by Crippen LogP contribution is 2.36. The molecule has 5 rings (SSSR count). The number of phenolic OH excluding ortho intramolecular Hbond substituents is 1. The smallest absolute Gasteiger partial charge is 0.181 e. The molecule has 4 aromatic rings. The number of hydrogen-bond acceptors (Lipinski definition) is 4. The summed E-state index contributed by atoms with van der Waals surface area (Å²) in [5.41, 5.74) is 6.25. The van der Waals surface area contributed by atoms with Crippen molar-refractivity contribution in [1.82, 2.24) is 14.4 Å². The molecule has 5 nitrogen and oxygen atoms in total. The molecule has 1 N–H and O–H groups in total. The Labute approximate surface area is 170 Å². The second-order valence-corrected chi connectivity index (χ2v) is 7.54. The molecule has 0 aliphatic carbocycles. The molecular weight excluding hydrogens is 360 g/mol. The summed E-state index contributed by atoms with van der Waals surface area (Å²) in [5, 5.41) is 9.76. The molecule has 1 aliphatic rings. The van der Waals surface area contributed by atoms with Crippen molar-refractivity contribution in [3.05, 3.63) is 66.5 Å². The summed E-state index contributed by atoms with van der Waals surface area (Å²) in [6, 6.07) is 16.0. The van der Waals surface area contributed by atoms with Crippen LogP contribution in [-0.4, -0.2) is 32.6 Å². The first-order valence-electron chi connectivity index (χ1n) is 10.3. The van der Waals surface area contributed by atoms with E-state index in [0.29, 0.717) is 0 Å². The highest BCUT2D eigenvalue weighted by Gasteiger charge is 2.22. The number of benzene rings is 2. The number of anilines is 1. The van der Waals surface area contributed by atoms with Gasteiger partial charge in [-0.2, -0.15) is 0 Å². The fourth-order valence-electron chi connectivity index (χ4n) is 4.11.